The molecule has 1 aromatic heterocycles. The summed E-state index contributed by atoms with van der Waals surface area (Å²) in [5.41, 5.74) is 4.56. The predicted molar refractivity (Wildman–Crippen MR) is 205 cm³/mol. The van der Waals surface area contributed by atoms with E-state index in [1.54, 1.807) is 79.7 Å². The first-order valence-corrected chi connectivity index (χ1v) is 18.4. The number of amides is 1. The molecule has 0 atom stereocenters. The van der Waals surface area contributed by atoms with E-state index < -0.39 is 17.5 Å². The Bertz CT molecular complexity index is 2120. The molecule has 0 aliphatic carbocycles. The van der Waals surface area contributed by atoms with Crippen molar-refractivity contribution in [1.82, 2.24) is 14.7 Å². The minimum Gasteiger partial charge on any atom is -0.461 e. The molecule has 6 rings (SSSR count). The Morgan fingerprint density at radius 2 is 1.53 bits per heavy atom. The molecule has 0 bridgehead atoms. The highest BCUT2D eigenvalue weighted by Crippen LogP contribution is 2.37. The smallest absolute Gasteiger partial charge is 0.359 e. The number of fused-ring (bicyclic) bond motifs is 1. The molecule has 5 aromatic rings. The first kappa shape index (κ1) is 37.4. The highest BCUT2D eigenvalue weighted by atomic mass is 35.5. The third-order valence-electron chi connectivity index (χ3n) is 8.92. The van der Waals surface area contributed by atoms with Crippen LogP contribution in [0.1, 0.15) is 95.5 Å². The third kappa shape index (κ3) is 8.63. The zero-order valence-corrected chi connectivity index (χ0v) is 31.5. The number of benzene rings is 4. The Labute approximate surface area is 315 Å². The number of nitrogens with zero attached hydrogens (tertiary/aromatic N) is 3. The summed E-state index contributed by atoms with van der Waals surface area (Å²) in [5, 5.41) is 5.49. The van der Waals surface area contributed by atoms with Crippen molar-refractivity contribution in [3.05, 3.63) is 130 Å². The van der Waals surface area contributed by atoms with Gasteiger partial charge in [0, 0.05) is 29.2 Å². The zero-order valence-electron chi connectivity index (χ0n) is 30.8. The Morgan fingerprint density at radius 1 is 0.849 bits per heavy atom. The van der Waals surface area contributed by atoms with E-state index in [0.717, 1.165) is 24.1 Å². The summed E-state index contributed by atoms with van der Waals surface area (Å²) in [6.45, 7) is 10.3. The SMILES string of the molecule is CCCCc1c(-c2ccc(C(=O)OC(C)(C)C)cc2C(=O)N2CCc3ccccc3C2)c(C(=O)OCC)nn1-c1ccc(Oc2ccc(Cl)cc2)cc1. The van der Waals surface area contributed by atoms with Gasteiger partial charge in [-0.1, -0.05) is 55.3 Å². The van der Waals surface area contributed by atoms with Crippen LogP contribution in [0.2, 0.25) is 5.02 Å². The molecule has 9 nitrogen and oxygen atoms in total. The van der Waals surface area contributed by atoms with Gasteiger partial charge in [-0.2, -0.15) is 5.10 Å². The molecule has 2 heterocycles. The number of rotatable bonds is 11. The normalized spacial score (nSPS) is 12.6. The fraction of sp³-hybridized carbons (Fsp3) is 0.302. The van der Waals surface area contributed by atoms with Gasteiger partial charge in [-0.05, 0) is 124 Å². The number of aromatic nitrogens is 2. The molecule has 0 radical (unpaired) electrons. The van der Waals surface area contributed by atoms with Crippen LogP contribution in [0.3, 0.4) is 0 Å². The van der Waals surface area contributed by atoms with Gasteiger partial charge in [0.15, 0.2) is 5.69 Å². The molecule has 0 saturated heterocycles. The molecule has 0 saturated carbocycles. The van der Waals surface area contributed by atoms with Crippen LogP contribution in [-0.2, 0) is 28.9 Å². The number of hydrogen-bond donors (Lipinski definition) is 0. The van der Waals surface area contributed by atoms with Crippen LogP contribution in [0.5, 0.6) is 11.5 Å². The average molecular weight is 734 g/mol. The Kier molecular flexibility index (Phi) is 11.3. The van der Waals surface area contributed by atoms with Crippen molar-refractivity contribution in [3.63, 3.8) is 0 Å². The molecule has 0 spiro atoms. The van der Waals surface area contributed by atoms with Crippen molar-refractivity contribution in [3.8, 4) is 28.3 Å². The fourth-order valence-corrected chi connectivity index (χ4v) is 6.53. The summed E-state index contributed by atoms with van der Waals surface area (Å²) in [7, 11) is 0. The standard InChI is InChI=1S/C43H44ClN3O6/c1-6-8-13-37-38(39(42(50)51-7-2)45-47(37)32-17-21-34(22-18-32)52-33-19-15-31(44)16-20-33)35-23-14-29(41(49)53-43(3,4)5)26-36(35)40(48)46-25-24-28-11-9-10-12-30(28)27-46/h9-12,14-23,26H,6-8,13,24-25,27H2,1-5H3. The molecule has 4 aromatic carbocycles. The van der Waals surface area contributed by atoms with Gasteiger partial charge in [-0.25, -0.2) is 14.3 Å². The quantitative estimate of drug-likeness (QED) is 0.125. The van der Waals surface area contributed by atoms with Crippen molar-refractivity contribution in [2.45, 2.75) is 72.4 Å². The minimum absolute atomic E-state index is 0.0856. The van der Waals surface area contributed by atoms with Crippen LogP contribution in [0.15, 0.2) is 91.0 Å². The van der Waals surface area contributed by atoms with Crippen molar-refractivity contribution in [2.24, 2.45) is 0 Å². The van der Waals surface area contributed by atoms with Gasteiger partial charge < -0.3 is 19.1 Å². The number of ether oxygens (including phenoxy) is 3. The topological polar surface area (TPSA) is 100.0 Å². The number of unbranched alkanes of at least 4 members (excludes halogenated alkanes) is 1. The first-order chi connectivity index (χ1) is 25.5. The Hall–Kier alpha value is -5.41. The van der Waals surface area contributed by atoms with Crippen molar-refractivity contribution in [1.29, 1.82) is 0 Å². The van der Waals surface area contributed by atoms with Crippen LogP contribution in [0.25, 0.3) is 16.8 Å². The summed E-state index contributed by atoms with van der Waals surface area (Å²) in [5.74, 6) is -0.162. The number of carbonyl (C=O) groups excluding carboxylic acids is 3. The molecule has 53 heavy (non-hydrogen) atoms. The summed E-state index contributed by atoms with van der Waals surface area (Å²) in [6, 6.07) is 27.6. The van der Waals surface area contributed by atoms with E-state index in [0.29, 0.717) is 59.3 Å². The molecule has 0 N–H and O–H groups in total. The van der Waals surface area contributed by atoms with Crippen LogP contribution in [0.4, 0.5) is 0 Å². The van der Waals surface area contributed by atoms with E-state index in [1.165, 1.54) is 5.56 Å². The van der Waals surface area contributed by atoms with Gasteiger partial charge in [0.25, 0.3) is 5.91 Å². The van der Waals surface area contributed by atoms with Crippen molar-refractivity contribution in [2.75, 3.05) is 13.2 Å². The van der Waals surface area contributed by atoms with E-state index in [9.17, 15) is 14.4 Å². The van der Waals surface area contributed by atoms with E-state index in [-0.39, 0.29) is 29.3 Å². The van der Waals surface area contributed by atoms with Crippen molar-refractivity contribution >= 4 is 29.4 Å². The highest BCUT2D eigenvalue weighted by Gasteiger charge is 2.32. The maximum atomic E-state index is 14.7. The summed E-state index contributed by atoms with van der Waals surface area (Å²) >= 11 is 6.04. The third-order valence-corrected chi connectivity index (χ3v) is 9.17. The molecule has 10 heteroatoms. The van der Waals surface area contributed by atoms with Gasteiger partial charge in [0.05, 0.1) is 23.6 Å². The highest BCUT2D eigenvalue weighted by molar-refractivity contribution is 6.30. The molecule has 1 amide bonds. The lowest BCUT2D eigenvalue weighted by molar-refractivity contribution is 0.00692. The maximum Gasteiger partial charge on any atom is 0.359 e. The van der Waals surface area contributed by atoms with E-state index >= 15 is 0 Å². The minimum atomic E-state index is -0.739. The monoisotopic (exact) mass is 733 g/mol. The summed E-state index contributed by atoms with van der Waals surface area (Å²) < 4.78 is 19.0. The Balaban J connectivity index is 1.49. The zero-order chi connectivity index (χ0) is 37.7. The molecule has 1 aliphatic rings. The average Bonchev–Trinajstić information content (AvgIpc) is 3.53. The second-order valence-electron chi connectivity index (χ2n) is 14.0. The maximum absolute atomic E-state index is 14.7. The Morgan fingerprint density at radius 3 is 2.19 bits per heavy atom. The van der Waals surface area contributed by atoms with Gasteiger partial charge in [0.2, 0.25) is 0 Å². The molecular formula is C43H44ClN3O6. The lowest BCUT2D eigenvalue weighted by Gasteiger charge is -2.30. The van der Waals surface area contributed by atoms with E-state index in [1.807, 2.05) is 42.5 Å². The largest absolute Gasteiger partial charge is 0.461 e. The number of carbonyl (C=O) groups is 3. The van der Waals surface area contributed by atoms with E-state index in [4.69, 9.17) is 30.9 Å². The van der Waals surface area contributed by atoms with Gasteiger partial charge in [0.1, 0.15) is 17.1 Å². The fourth-order valence-electron chi connectivity index (χ4n) is 6.40. The molecule has 274 valence electrons. The second-order valence-corrected chi connectivity index (χ2v) is 14.4. The molecule has 0 unspecified atom stereocenters. The van der Waals surface area contributed by atoms with Gasteiger partial charge >= 0.3 is 11.9 Å². The van der Waals surface area contributed by atoms with Crippen LogP contribution < -0.4 is 4.74 Å². The summed E-state index contributed by atoms with van der Waals surface area (Å²) in [6.07, 6.45) is 2.93. The lowest BCUT2D eigenvalue weighted by atomic mass is 9.92. The molecule has 0 fully saturated rings. The molecular weight excluding hydrogens is 690 g/mol. The lowest BCUT2D eigenvalue weighted by Crippen LogP contribution is -2.36. The van der Waals surface area contributed by atoms with Crippen LogP contribution in [0, 0.1) is 0 Å². The first-order valence-electron chi connectivity index (χ1n) is 18.0. The van der Waals surface area contributed by atoms with Crippen LogP contribution >= 0.6 is 11.6 Å². The van der Waals surface area contributed by atoms with Gasteiger partial charge in [-0.15, -0.1) is 0 Å². The number of hydrogen-bond acceptors (Lipinski definition) is 7. The van der Waals surface area contributed by atoms with Crippen molar-refractivity contribution < 1.29 is 28.6 Å². The summed E-state index contributed by atoms with van der Waals surface area (Å²) in [4.78, 5) is 43.6. The van der Waals surface area contributed by atoms with Crippen LogP contribution in [-0.4, -0.2) is 51.3 Å². The second kappa shape index (κ2) is 16.1. The van der Waals surface area contributed by atoms with Gasteiger partial charge in [-0.3, -0.25) is 4.79 Å². The number of esters is 2. The van der Waals surface area contributed by atoms with E-state index in [2.05, 4.69) is 13.0 Å². The molecule has 1 aliphatic heterocycles. The number of halogens is 1. The predicted octanol–water partition coefficient (Wildman–Crippen LogP) is 9.66.